The van der Waals surface area contributed by atoms with Crippen molar-refractivity contribution in [1.29, 1.82) is 0 Å². The number of nitrogens with one attached hydrogen (secondary N) is 1. The minimum atomic E-state index is -0.761. The van der Waals surface area contributed by atoms with Gasteiger partial charge in [-0.15, -0.1) is 0 Å². The lowest BCUT2D eigenvalue weighted by molar-refractivity contribution is 0.102. The Bertz CT molecular complexity index is 917. The number of amides is 1. The molecule has 0 bridgehead atoms. The van der Waals surface area contributed by atoms with Crippen LogP contribution in [0, 0.1) is 11.6 Å². The van der Waals surface area contributed by atoms with E-state index in [4.69, 9.17) is 5.73 Å². The second kappa shape index (κ2) is 7.61. The lowest BCUT2D eigenvalue weighted by Gasteiger charge is -2.01. The number of thiazole rings is 1. The highest BCUT2D eigenvalue weighted by atomic mass is 32.1. The number of nitrogen functional groups attached to an aromatic ring is 1. The number of hydrogen-bond acceptors (Lipinski definition) is 5. The van der Waals surface area contributed by atoms with Gasteiger partial charge in [-0.2, -0.15) is 5.10 Å². The summed E-state index contributed by atoms with van der Waals surface area (Å²) in [5.41, 5.74) is 5.96. The van der Waals surface area contributed by atoms with Gasteiger partial charge in [0.05, 0.1) is 17.4 Å². The molecule has 26 heavy (non-hydrogen) atoms. The van der Waals surface area contributed by atoms with Crippen molar-refractivity contribution < 1.29 is 13.6 Å². The number of hydrogen-bond donors (Lipinski definition) is 2. The monoisotopic (exact) mass is 377 g/mol. The second-order valence-corrected chi connectivity index (χ2v) is 6.66. The Labute approximate surface area is 152 Å². The van der Waals surface area contributed by atoms with Crippen LogP contribution in [0.2, 0.25) is 0 Å². The third-order valence-corrected chi connectivity index (χ3v) is 4.58. The van der Waals surface area contributed by atoms with Crippen molar-refractivity contribution in [2.45, 2.75) is 26.3 Å². The van der Waals surface area contributed by atoms with E-state index in [0.717, 1.165) is 42.9 Å². The Morgan fingerprint density at radius 1 is 1.35 bits per heavy atom. The number of benzene rings is 1. The molecule has 9 heteroatoms. The van der Waals surface area contributed by atoms with E-state index in [0.29, 0.717) is 5.69 Å². The number of nitrogens with zero attached hydrogens (tertiary/aromatic N) is 3. The van der Waals surface area contributed by atoms with Gasteiger partial charge in [-0.05, 0) is 18.6 Å². The van der Waals surface area contributed by atoms with E-state index < -0.39 is 17.5 Å². The highest BCUT2D eigenvalue weighted by Crippen LogP contribution is 2.33. The van der Waals surface area contributed by atoms with Gasteiger partial charge in [0.2, 0.25) is 0 Å². The molecular formula is C17H17F2N5OS. The predicted molar refractivity (Wildman–Crippen MR) is 97.0 cm³/mol. The van der Waals surface area contributed by atoms with E-state index in [9.17, 15) is 13.6 Å². The number of aryl methyl sites for hydroxylation is 1. The standard InChI is InChI=1S/C17H17F2N5OS/c1-2-3-7-24-9-10(8-21-24)22-16(25)14-15(20)26-17(23-14)13-11(18)5-4-6-12(13)19/h4-6,8-9H,2-3,7,20H2,1H3,(H,22,25). The van der Waals surface area contributed by atoms with Gasteiger partial charge in [0.1, 0.15) is 21.6 Å². The van der Waals surface area contributed by atoms with Gasteiger partial charge < -0.3 is 11.1 Å². The summed E-state index contributed by atoms with van der Waals surface area (Å²) in [4.78, 5) is 16.4. The fourth-order valence-corrected chi connectivity index (χ4v) is 3.24. The molecule has 6 nitrogen and oxygen atoms in total. The Hall–Kier alpha value is -2.81. The third kappa shape index (κ3) is 3.72. The molecule has 0 radical (unpaired) electrons. The predicted octanol–water partition coefficient (Wildman–Crippen LogP) is 3.92. The van der Waals surface area contributed by atoms with Crippen molar-refractivity contribution in [2.75, 3.05) is 11.1 Å². The fourth-order valence-electron chi connectivity index (χ4n) is 2.36. The number of halogens is 2. The summed E-state index contributed by atoms with van der Waals surface area (Å²) in [6.07, 6.45) is 5.24. The Kier molecular flexibility index (Phi) is 5.27. The van der Waals surface area contributed by atoms with Gasteiger partial charge in [-0.3, -0.25) is 9.48 Å². The summed E-state index contributed by atoms with van der Waals surface area (Å²) >= 11 is 0.856. The fraction of sp³-hybridized carbons (Fsp3) is 0.235. The van der Waals surface area contributed by atoms with Crippen LogP contribution in [-0.2, 0) is 6.54 Å². The van der Waals surface area contributed by atoms with Gasteiger partial charge in [0.25, 0.3) is 5.91 Å². The molecule has 1 aromatic carbocycles. The van der Waals surface area contributed by atoms with Crippen LogP contribution >= 0.6 is 11.3 Å². The summed E-state index contributed by atoms with van der Waals surface area (Å²) in [5, 5.41) is 6.89. The summed E-state index contributed by atoms with van der Waals surface area (Å²) < 4.78 is 29.5. The molecule has 2 heterocycles. The minimum Gasteiger partial charge on any atom is -0.389 e. The molecule has 1 amide bonds. The van der Waals surface area contributed by atoms with Gasteiger partial charge in [0.15, 0.2) is 5.69 Å². The van der Waals surface area contributed by atoms with E-state index in [1.54, 1.807) is 10.9 Å². The SMILES string of the molecule is CCCCn1cc(NC(=O)c2nc(-c3c(F)cccc3F)sc2N)cn1. The Balaban J connectivity index is 1.80. The zero-order chi connectivity index (χ0) is 18.7. The number of rotatable bonds is 6. The number of anilines is 2. The lowest BCUT2D eigenvalue weighted by Crippen LogP contribution is -2.13. The van der Waals surface area contributed by atoms with Crippen LogP contribution in [0.5, 0.6) is 0 Å². The van der Waals surface area contributed by atoms with E-state index in [1.807, 2.05) is 0 Å². The first kappa shape index (κ1) is 18.0. The number of nitrogens with two attached hydrogens (primary N) is 1. The highest BCUT2D eigenvalue weighted by Gasteiger charge is 2.21. The normalized spacial score (nSPS) is 10.9. The zero-order valence-corrected chi connectivity index (χ0v) is 14.8. The maximum Gasteiger partial charge on any atom is 0.277 e. The van der Waals surface area contributed by atoms with Crippen LogP contribution in [0.1, 0.15) is 30.3 Å². The van der Waals surface area contributed by atoms with Gasteiger partial charge in [-0.25, -0.2) is 13.8 Å². The summed E-state index contributed by atoms with van der Waals surface area (Å²) in [6, 6.07) is 3.51. The Morgan fingerprint density at radius 2 is 2.08 bits per heavy atom. The van der Waals surface area contributed by atoms with Gasteiger partial charge >= 0.3 is 0 Å². The zero-order valence-electron chi connectivity index (χ0n) is 14.0. The van der Waals surface area contributed by atoms with Crippen molar-refractivity contribution in [3.8, 4) is 10.6 Å². The molecule has 0 aliphatic heterocycles. The van der Waals surface area contributed by atoms with Crippen LogP contribution in [0.4, 0.5) is 19.5 Å². The maximum absolute atomic E-state index is 13.9. The number of unbranched alkanes of at least 4 members (excludes halogenated alkanes) is 1. The number of carbonyl (C=O) groups excluding carboxylic acids is 1. The molecule has 0 aliphatic carbocycles. The van der Waals surface area contributed by atoms with Crippen molar-refractivity contribution >= 4 is 27.9 Å². The largest absolute Gasteiger partial charge is 0.389 e. The summed E-state index contributed by atoms with van der Waals surface area (Å²) in [6.45, 7) is 2.83. The second-order valence-electron chi connectivity index (χ2n) is 5.63. The van der Waals surface area contributed by atoms with Crippen LogP contribution < -0.4 is 11.1 Å². The third-order valence-electron chi connectivity index (χ3n) is 3.68. The summed E-state index contributed by atoms with van der Waals surface area (Å²) in [7, 11) is 0. The van der Waals surface area contributed by atoms with E-state index in [1.165, 1.54) is 12.3 Å². The molecule has 0 spiro atoms. The molecule has 0 aliphatic rings. The average molecular weight is 377 g/mol. The van der Waals surface area contributed by atoms with Crippen molar-refractivity contribution in [2.24, 2.45) is 0 Å². The van der Waals surface area contributed by atoms with Gasteiger partial charge in [0, 0.05) is 12.7 Å². The first-order valence-corrected chi connectivity index (χ1v) is 8.85. The van der Waals surface area contributed by atoms with Crippen molar-refractivity contribution in [3.05, 3.63) is 47.9 Å². The van der Waals surface area contributed by atoms with Crippen LogP contribution in [0.25, 0.3) is 10.6 Å². The average Bonchev–Trinajstić information content (AvgIpc) is 3.19. The summed E-state index contributed by atoms with van der Waals surface area (Å²) in [5.74, 6) is -2.08. The lowest BCUT2D eigenvalue weighted by atomic mass is 10.2. The molecule has 0 saturated heterocycles. The van der Waals surface area contributed by atoms with Crippen molar-refractivity contribution in [1.82, 2.24) is 14.8 Å². The first-order chi connectivity index (χ1) is 12.5. The van der Waals surface area contributed by atoms with Gasteiger partial charge in [-0.1, -0.05) is 30.7 Å². The highest BCUT2D eigenvalue weighted by molar-refractivity contribution is 7.19. The molecule has 0 atom stereocenters. The molecule has 3 N–H and O–H groups in total. The maximum atomic E-state index is 13.9. The molecule has 0 unspecified atom stereocenters. The topological polar surface area (TPSA) is 85.8 Å². The molecule has 2 aromatic heterocycles. The first-order valence-electron chi connectivity index (χ1n) is 8.04. The molecule has 3 aromatic rings. The number of carbonyl (C=O) groups is 1. The molecule has 3 rings (SSSR count). The smallest absolute Gasteiger partial charge is 0.277 e. The van der Waals surface area contributed by atoms with Crippen LogP contribution in [0.15, 0.2) is 30.6 Å². The molecule has 0 fully saturated rings. The molecule has 0 saturated carbocycles. The van der Waals surface area contributed by atoms with Crippen molar-refractivity contribution in [3.63, 3.8) is 0 Å². The van der Waals surface area contributed by atoms with Crippen LogP contribution in [-0.4, -0.2) is 20.7 Å². The minimum absolute atomic E-state index is 0.0156. The van der Waals surface area contributed by atoms with E-state index in [2.05, 4.69) is 22.3 Å². The number of aromatic nitrogens is 3. The molecular weight excluding hydrogens is 360 g/mol. The Morgan fingerprint density at radius 3 is 2.77 bits per heavy atom. The van der Waals surface area contributed by atoms with E-state index >= 15 is 0 Å². The van der Waals surface area contributed by atoms with E-state index in [-0.39, 0.29) is 21.3 Å². The molecule has 136 valence electrons. The quantitative estimate of drug-likeness (QED) is 0.682. The van der Waals surface area contributed by atoms with Crippen LogP contribution in [0.3, 0.4) is 0 Å².